The Morgan fingerprint density at radius 3 is 2.44 bits per heavy atom. The third-order valence-electron chi connectivity index (χ3n) is 3.04. The molecule has 0 fully saturated rings. The number of aromatic carboxylic acids is 1. The van der Waals surface area contributed by atoms with Crippen LogP contribution in [0.1, 0.15) is 10.4 Å². The van der Waals surface area contributed by atoms with Gasteiger partial charge in [-0.25, -0.2) is 4.79 Å². The van der Waals surface area contributed by atoms with Gasteiger partial charge in [0.25, 0.3) is 5.91 Å². The maximum atomic E-state index is 11.8. The van der Waals surface area contributed by atoms with E-state index in [4.69, 9.17) is 21.4 Å². The molecule has 0 heterocycles. The van der Waals surface area contributed by atoms with Crippen LogP contribution in [0.4, 0.5) is 5.69 Å². The summed E-state index contributed by atoms with van der Waals surface area (Å²) in [4.78, 5) is 34.5. The molecule has 2 rings (SSSR count). The van der Waals surface area contributed by atoms with E-state index >= 15 is 0 Å². The topological polar surface area (TPSA) is 105 Å². The Kier molecular flexibility index (Phi) is 6.36. The SMILES string of the molecule is O=C(COc1ccccc1)NCC(=O)Nc1ccc(Cl)c(C(=O)O)c1. The summed E-state index contributed by atoms with van der Waals surface area (Å²) < 4.78 is 5.25. The zero-order valence-corrected chi connectivity index (χ0v) is 13.7. The van der Waals surface area contributed by atoms with Crippen molar-refractivity contribution in [3.8, 4) is 5.75 Å². The minimum absolute atomic E-state index is 0.0665. The van der Waals surface area contributed by atoms with Crippen molar-refractivity contribution in [1.29, 1.82) is 0 Å². The lowest BCUT2D eigenvalue weighted by Gasteiger charge is -2.09. The van der Waals surface area contributed by atoms with Crippen LogP contribution in [0, 0.1) is 0 Å². The molecule has 2 amide bonds. The molecule has 0 radical (unpaired) electrons. The van der Waals surface area contributed by atoms with Crippen molar-refractivity contribution in [3.63, 3.8) is 0 Å². The van der Waals surface area contributed by atoms with Crippen molar-refractivity contribution in [2.24, 2.45) is 0 Å². The fourth-order valence-corrected chi connectivity index (χ4v) is 2.07. The summed E-state index contributed by atoms with van der Waals surface area (Å²) in [6.07, 6.45) is 0. The molecule has 0 unspecified atom stereocenters. The van der Waals surface area contributed by atoms with E-state index in [9.17, 15) is 14.4 Å². The second kappa shape index (κ2) is 8.70. The highest BCUT2D eigenvalue weighted by Gasteiger charge is 2.11. The second-order valence-electron chi connectivity index (χ2n) is 4.93. The summed E-state index contributed by atoms with van der Waals surface area (Å²) >= 11 is 5.75. The smallest absolute Gasteiger partial charge is 0.337 e. The maximum absolute atomic E-state index is 11.8. The van der Waals surface area contributed by atoms with Crippen LogP contribution in [0.15, 0.2) is 48.5 Å². The molecule has 3 N–H and O–H groups in total. The van der Waals surface area contributed by atoms with Gasteiger partial charge in [-0.1, -0.05) is 29.8 Å². The van der Waals surface area contributed by atoms with E-state index in [0.717, 1.165) is 0 Å². The van der Waals surface area contributed by atoms with Gasteiger partial charge in [-0.15, -0.1) is 0 Å². The predicted octanol–water partition coefficient (Wildman–Crippen LogP) is 2.17. The number of carboxylic acid groups (broad SMARTS) is 1. The van der Waals surface area contributed by atoms with Crippen LogP contribution in [0.5, 0.6) is 5.75 Å². The van der Waals surface area contributed by atoms with Crippen LogP contribution in [-0.4, -0.2) is 36.0 Å². The Morgan fingerprint density at radius 2 is 1.76 bits per heavy atom. The van der Waals surface area contributed by atoms with Gasteiger partial charge >= 0.3 is 5.97 Å². The fraction of sp³-hybridized carbons (Fsp3) is 0.118. The Morgan fingerprint density at radius 1 is 1.04 bits per heavy atom. The summed E-state index contributed by atoms with van der Waals surface area (Å²) in [7, 11) is 0. The summed E-state index contributed by atoms with van der Waals surface area (Å²) in [6, 6.07) is 12.9. The van der Waals surface area contributed by atoms with Gasteiger partial charge in [0, 0.05) is 5.69 Å². The van der Waals surface area contributed by atoms with Gasteiger partial charge in [-0.2, -0.15) is 0 Å². The number of amides is 2. The molecule has 0 spiro atoms. The maximum Gasteiger partial charge on any atom is 0.337 e. The number of carbonyl (C=O) groups excluding carboxylic acids is 2. The Labute approximate surface area is 148 Å². The van der Waals surface area contributed by atoms with Crippen molar-refractivity contribution < 1.29 is 24.2 Å². The van der Waals surface area contributed by atoms with E-state index in [1.807, 2.05) is 6.07 Å². The third-order valence-corrected chi connectivity index (χ3v) is 3.37. The molecule has 0 bridgehead atoms. The highest BCUT2D eigenvalue weighted by atomic mass is 35.5. The van der Waals surface area contributed by atoms with Crippen LogP contribution in [0.2, 0.25) is 5.02 Å². The molecule has 0 aliphatic heterocycles. The van der Waals surface area contributed by atoms with Crippen LogP contribution < -0.4 is 15.4 Å². The highest BCUT2D eigenvalue weighted by molar-refractivity contribution is 6.33. The average molecular weight is 363 g/mol. The summed E-state index contributed by atoms with van der Waals surface area (Å²) in [6.45, 7) is -0.497. The van der Waals surface area contributed by atoms with Gasteiger partial charge in [-0.05, 0) is 30.3 Å². The third kappa shape index (κ3) is 5.82. The zero-order chi connectivity index (χ0) is 18.2. The minimum atomic E-state index is -1.20. The number of rotatable bonds is 7. The minimum Gasteiger partial charge on any atom is -0.484 e. The van der Waals surface area contributed by atoms with Crippen LogP contribution in [-0.2, 0) is 9.59 Å². The van der Waals surface area contributed by atoms with Gasteiger partial charge < -0.3 is 20.5 Å². The molecular formula is C17H15ClN2O5. The number of anilines is 1. The first-order chi connectivity index (χ1) is 12.0. The van der Waals surface area contributed by atoms with E-state index in [1.165, 1.54) is 18.2 Å². The molecule has 0 atom stereocenters. The molecule has 8 heteroatoms. The number of carboxylic acids is 1. The first kappa shape index (κ1) is 18.3. The number of benzene rings is 2. The second-order valence-corrected chi connectivity index (χ2v) is 5.33. The van der Waals surface area contributed by atoms with Crippen LogP contribution in [0.25, 0.3) is 0 Å². The molecule has 2 aromatic carbocycles. The van der Waals surface area contributed by atoms with Gasteiger partial charge in [-0.3, -0.25) is 9.59 Å². The van der Waals surface area contributed by atoms with Crippen molar-refractivity contribution >= 4 is 35.1 Å². The number of carbonyl (C=O) groups is 3. The van der Waals surface area contributed by atoms with Crippen molar-refractivity contribution in [2.75, 3.05) is 18.5 Å². The quantitative estimate of drug-likeness (QED) is 0.700. The standard InChI is InChI=1S/C17H15ClN2O5/c18-14-7-6-11(8-13(14)17(23)24)20-15(21)9-19-16(22)10-25-12-4-2-1-3-5-12/h1-8H,9-10H2,(H,19,22)(H,20,21)(H,23,24). The molecule has 0 aliphatic rings. The largest absolute Gasteiger partial charge is 0.484 e. The Balaban J connectivity index is 1.79. The molecule has 7 nitrogen and oxygen atoms in total. The molecule has 130 valence electrons. The number of para-hydroxylation sites is 1. The number of hydrogen-bond donors (Lipinski definition) is 3. The number of halogens is 1. The van der Waals surface area contributed by atoms with Gasteiger partial charge in [0.1, 0.15) is 5.75 Å². The van der Waals surface area contributed by atoms with E-state index in [2.05, 4.69) is 10.6 Å². The Bertz CT molecular complexity index is 780. The number of ether oxygens (including phenoxy) is 1. The van der Waals surface area contributed by atoms with Gasteiger partial charge in [0.15, 0.2) is 6.61 Å². The lowest BCUT2D eigenvalue weighted by atomic mass is 10.2. The molecule has 0 aromatic heterocycles. The molecule has 0 aliphatic carbocycles. The van der Waals surface area contributed by atoms with E-state index < -0.39 is 17.8 Å². The van der Waals surface area contributed by atoms with Crippen molar-refractivity contribution in [2.45, 2.75) is 0 Å². The highest BCUT2D eigenvalue weighted by Crippen LogP contribution is 2.20. The number of hydrogen-bond acceptors (Lipinski definition) is 4. The molecule has 25 heavy (non-hydrogen) atoms. The Hall–Kier alpha value is -3.06. The van der Waals surface area contributed by atoms with Gasteiger partial charge in [0.05, 0.1) is 17.1 Å². The van der Waals surface area contributed by atoms with Crippen LogP contribution in [0.3, 0.4) is 0 Å². The lowest BCUT2D eigenvalue weighted by molar-refractivity contribution is -0.125. The van der Waals surface area contributed by atoms with Crippen LogP contribution >= 0.6 is 11.6 Å². The first-order valence-corrected chi connectivity index (χ1v) is 7.61. The molecule has 0 saturated heterocycles. The monoisotopic (exact) mass is 362 g/mol. The average Bonchev–Trinajstić information content (AvgIpc) is 2.60. The lowest BCUT2D eigenvalue weighted by Crippen LogP contribution is -2.35. The van der Waals surface area contributed by atoms with Crippen molar-refractivity contribution in [3.05, 3.63) is 59.1 Å². The van der Waals surface area contributed by atoms with Gasteiger partial charge in [0.2, 0.25) is 5.91 Å². The molecule has 0 saturated carbocycles. The predicted molar refractivity (Wildman–Crippen MR) is 92.0 cm³/mol. The summed E-state index contributed by atoms with van der Waals surface area (Å²) in [5, 5.41) is 13.9. The van der Waals surface area contributed by atoms with E-state index in [-0.39, 0.29) is 29.4 Å². The molecular weight excluding hydrogens is 348 g/mol. The molecule has 2 aromatic rings. The van der Waals surface area contributed by atoms with E-state index in [0.29, 0.717) is 5.75 Å². The summed E-state index contributed by atoms with van der Waals surface area (Å²) in [5.74, 6) is -1.62. The number of nitrogens with one attached hydrogen (secondary N) is 2. The first-order valence-electron chi connectivity index (χ1n) is 7.23. The summed E-state index contributed by atoms with van der Waals surface area (Å²) in [5.41, 5.74) is 0.140. The fourth-order valence-electron chi connectivity index (χ4n) is 1.87. The normalized spacial score (nSPS) is 9.96. The van der Waals surface area contributed by atoms with Crippen molar-refractivity contribution in [1.82, 2.24) is 5.32 Å². The zero-order valence-electron chi connectivity index (χ0n) is 13.0. The van der Waals surface area contributed by atoms with E-state index in [1.54, 1.807) is 24.3 Å².